The van der Waals surface area contributed by atoms with Gasteiger partial charge >= 0.3 is 0 Å². The van der Waals surface area contributed by atoms with Crippen molar-refractivity contribution in [3.05, 3.63) is 18.0 Å². The van der Waals surface area contributed by atoms with E-state index in [-0.39, 0.29) is 0 Å². The fourth-order valence-electron chi connectivity index (χ4n) is 1.54. The highest BCUT2D eigenvalue weighted by molar-refractivity contribution is 7.98. The maximum Gasteiger partial charge on any atom is 0.0534 e. The van der Waals surface area contributed by atoms with Crippen LogP contribution >= 0.6 is 11.8 Å². The summed E-state index contributed by atoms with van der Waals surface area (Å²) in [5.74, 6) is 1.23. The number of thioether (sulfide) groups is 1. The molecule has 0 spiro atoms. The molecule has 0 saturated heterocycles. The zero-order chi connectivity index (χ0) is 11.8. The van der Waals surface area contributed by atoms with Crippen LogP contribution in [-0.4, -0.2) is 27.8 Å². The van der Waals surface area contributed by atoms with Crippen LogP contribution in [0.3, 0.4) is 0 Å². The van der Waals surface area contributed by atoms with Gasteiger partial charge in [0.05, 0.1) is 6.20 Å². The summed E-state index contributed by atoms with van der Waals surface area (Å²) in [7, 11) is 0. The molecular weight excluding hydrogens is 218 g/mol. The summed E-state index contributed by atoms with van der Waals surface area (Å²) < 4.78 is 2.02. The van der Waals surface area contributed by atoms with Crippen molar-refractivity contribution < 1.29 is 0 Å². The smallest absolute Gasteiger partial charge is 0.0534 e. The van der Waals surface area contributed by atoms with E-state index >= 15 is 0 Å². The van der Waals surface area contributed by atoms with Crippen LogP contribution in [0.5, 0.6) is 0 Å². The molecule has 0 aliphatic heterocycles. The van der Waals surface area contributed by atoms with Crippen molar-refractivity contribution in [2.75, 3.05) is 12.0 Å². The summed E-state index contributed by atoms with van der Waals surface area (Å²) in [6.45, 7) is 6.36. The second-order valence-electron chi connectivity index (χ2n) is 4.18. The Morgan fingerprint density at radius 3 is 3.06 bits per heavy atom. The first kappa shape index (κ1) is 13.6. The van der Waals surface area contributed by atoms with Crippen LogP contribution < -0.4 is 5.32 Å². The molecule has 1 rings (SSSR count). The number of hydrogen-bond acceptors (Lipinski definition) is 3. The third kappa shape index (κ3) is 5.03. The first-order chi connectivity index (χ1) is 7.76. The van der Waals surface area contributed by atoms with Crippen LogP contribution in [0.4, 0.5) is 0 Å². The summed E-state index contributed by atoms with van der Waals surface area (Å²) in [4.78, 5) is 0. The lowest BCUT2D eigenvalue weighted by molar-refractivity contribution is 0.536. The SMILES string of the molecule is CCCn1cc(CNC(C)CCSC)cn1. The highest BCUT2D eigenvalue weighted by atomic mass is 32.2. The van der Waals surface area contributed by atoms with E-state index in [9.17, 15) is 0 Å². The maximum absolute atomic E-state index is 4.32. The van der Waals surface area contributed by atoms with Crippen molar-refractivity contribution in [1.82, 2.24) is 15.1 Å². The van der Waals surface area contributed by atoms with E-state index in [2.05, 4.69) is 36.7 Å². The average Bonchev–Trinajstić information content (AvgIpc) is 2.72. The van der Waals surface area contributed by atoms with E-state index in [1.165, 1.54) is 17.7 Å². The highest BCUT2D eigenvalue weighted by Crippen LogP contribution is 2.02. The quantitative estimate of drug-likeness (QED) is 0.758. The largest absolute Gasteiger partial charge is 0.310 e. The Hall–Kier alpha value is -0.480. The highest BCUT2D eigenvalue weighted by Gasteiger charge is 2.02. The third-order valence-corrected chi connectivity index (χ3v) is 3.19. The van der Waals surface area contributed by atoms with Crippen LogP contribution in [0, 0.1) is 0 Å². The second-order valence-corrected chi connectivity index (χ2v) is 5.16. The fraction of sp³-hybridized carbons (Fsp3) is 0.750. The zero-order valence-corrected chi connectivity index (χ0v) is 11.4. The van der Waals surface area contributed by atoms with Crippen molar-refractivity contribution in [1.29, 1.82) is 0 Å². The molecule has 16 heavy (non-hydrogen) atoms. The standard InChI is InChI=1S/C12H23N3S/c1-4-6-15-10-12(9-14-15)8-13-11(2)5-7-16-3/h9-11,13H,4-8H2,1-3H3. The van der Waals surface area contributed by atoms with Crippen molar-refractivity contribution in [3.8, 4) is 0 Å². The van der Waals surface area contributed by atoms with Gasteiger partial charge in [0.15, 0.2) is 0 Å². The molecule has 1 aromatic rings. The first-order valence-corrected chi connectivity index (χ1v) is 7.39. The number of nitrogens with zero attached hydrogens (tertiary/aromatic N) is 2. The number of aromatic nitrogens is 2. The van der Waals surface area contributed by atoms with Gasteiger partial charge in [0.2, 0.25) is 0 Å². The predicted octanol–water partition coefficient (Wildman–Crippen LogP) is 2.52. The van der Waals surface area contributed by atoms with E-state index < -0.39 is 0 Å². The van der Waals surface area contributed by atoms with Crippen molar-refractivity contribution in [2.24, 2.45) is 0 Å². The first-order valence-electron chi connectivity index (χ1n) is 6.00. The van der Waals surface area contributed by atoms with E-state index in [1.54, 1.807) is 0 Å². The molecule has 1 heterocycles. The summed E-state index contributed by atoms with van der Waals surface area (Å²) >= 11 is 1.91. The number of aryl methyl sites for hydroxylation is 1. The fourth-order valence-corrected chi connectivity index (χ4v) is 2.13. The normalized spacial score (nSPS) is 12.9. The molecule has 0 saturated carbocycles. The van der Waals surface area contributed by atoms with Gasteiger partial charge in [0.25, 0.3) is 0 Å². The molecule has 0 bridgehead atoms. The van der Waals surface area contributed by atoms with Gasteiger partial charge in [-0.15, -0.1) is 0 Å². The number of hydrogen-bond donors (Lipinski definition) is 1. The number of nitrogens with one attached hydrogen (secondary N) is 1. The van der Waals surface area contributed by atoms with Gasteiger partial charge < -0.3 is 5.32 Å². The summed E-state index contributed by atoms with van der Waals surface area (Å²) in [5.41, 5.74) is 1.28. The lowest BCUT2D eigenvalue weighted by Gasteiger charge is -2.11. The Balaban J connectivity index is 2.25. The minimum absolute atomic E-state index is 0.585. The second kappa shape index (κ2) is 7.74. The molecular formula is C12H23N3S. The molecule has 0 fully saturated rings. The Morgan fingerprint density at radius 1 is 1.56 bits per heavy atom. The molecule has 0 radical (unpaired) electrons. The molecule has 3 nitrogen and oxygen atoms in total. The molecule has 1 aromatic heterocycles. The monoisotopic (exact) mass is 241 g/mol. The molecule has 1 unspecified atom stereocenters. The van der Waals surface area contributed by atoms with Gasteiger partial charge in [-0.2, -0.15) is 16.9 Å². The minimum atomic E-state index is 0.585. The van der Waals surface area contributed by atoms with E-state index in [0.29, 0.717) is 6.04 Å². The molecule has 4 heteroatoms. The van der Waals surface area contributed by atoms with Gasteiger partial charge in [-0.05, 0) is 31.8 Å². The predicted molar refractivity (Wildman–Crippen MR) is 71.8 cm³/mol. The Bertz CT molecular complexity index is 286. The Morgan fingerprint density at radius 2 is 2.38 bits per heavy atom. The molecule has 0 amide bonds. The lowest BCUT2D eigenvalue weighted by Crippen LogP contribution is -2.25. The average molecular weight is 241 g/mol. The van der Waals surface area contributed by atoms with Gasteiger partial charge in [-0.25, -0.2) is 0 Å². The van der Waals surface area contributed by atoms with Crippen LogP contribution in [0.2, 0.25) is 0 Å². The minimum Gasteiger partial charge on any atom is -0.310 e. The van der Waals surface area contributed by atoms with Crippen LogP contribution in [-0.2, 0) is 13.1 Å². The van der Waals surface area contributed by atoms with Crippen molar-refractivity contribution in [3.63, 3.8) is 0 Å². The zero-order valence-electron chi connectivity index (χ0n) is 10.6. The molecule has 0 aliphatic carbocycles. The van der Waals surface area contributed by atoms with E-state index in [0.717, 1.165) is 19.5 Å². The summed E-state index contributed by atoms with van der Waals surface area (Å²) in [5, 5.41) is 7.84. The van der Waals surface area contributed by atoms with Crippen molar-refractivity contribution in [2.45, 2.75) is 45.8 Å². The van der Waals surface area contributed by atoms with Gasteiger partial charge in [0, 0.05) is 30.9 Å². The molecule has 0 aliphatic rings. The van der Waals surface area contributed by atoms with Gasteiger partial charge in [-0.1, -0.05) is 6.92 Å². The maximum atomic E-state index is 4.32. The topological polar surface area (TPSA) is 29.9 Å². The molecule has 92 valence electrons. The Kier molecular flexibility index (Phi) is 6.57. The van der Waals surface area contributed by atoms with Gasteiger partial charge in [-0.3, -0.25) is 4.68 Å². The Labute approximate surface area is 103 Å². The summed E-state index contributed by atoms with van der Waals surface area (Å²) in [6, 6.07) is 0.585. The van der Waals surface area contributed by atoms with E-state index in [4.69, 9.17) is 0 Å². The number of rotatable bonds is 8. The van der Waals surface area contributed by atoms with Crippen LogP contribution in [0.1, 0.15) is 32.3 Å². The van der Waals surface area contributed by atoms with E-state index in [1.807, 2.05) is 22.6 Å². The molecule has 1 atom stereocenters. The van der Waals surface area contributed by atoms with Crippen LogP contribution in [0.25, 0.3) is 0 Å². The third-order valence-electron chi connectivity index (χ3n) is 2.55. The lowest BCUT2D eigenvalue weighted by atomic mass is 10.2. The van der Waals surface area contributed by atoms with Gasteiger partial charge in [0.1, 0.15) is 0 Å². The molecule has 0 aromatic carbocycles. The molecule has 1 N–H and O–H groups in total. The summed E-state index contributed by atoms with van der Waals surface area (Å²) in [6.07, 6.45) is 8.62. The van der Waals surface area contributed by atoms with Crippen LogP contribution in [0.15, 0.2) is 12.4 Å². The van der Waals surface area contributed by atoms with Crippen molar-refractivity contribution >= 4 is 11.8 Å².